The lowest BCUT2D eigenvalue weighted by atomic mass is 10.0. The number of piperidine rings is 1. The van der Waals surface area contributed by atoms with Gasteiger partial charge in [0.25, 0.3) is 5.91 Å². The summed E-state index contributed by atoms with van der Waals surface area (Å²) in [7, 11) is 0. The summed E-state index contributed by atoms with van der Waals surface area (Å²) in [5.41, 5.74) is 1.28. The molecule has 0 saturated carbocycles. The van der Waals surface area contributed by atoms with Gasteiger partial charge in [-0.2, -0.15) is 0 Å². The van der Waals surface area contributed by atoms with Crippen molar-refractivity contribution in [3.05, 3.63) is 59.8 Å². The van der Waals surface area contributed by atoms with Crippen LogP contribution in [0.15, 0.2) is 49.2 Å². The lowest BCUT2D eigenvalue weighted by molar-refractivity contribution is 0.0681. The first-order chi connectivity index (χ1) is 11.7. The molecule has 3 aromatic rings. The fourth-order valence-electron chi connectivity index (χ4n) is 3.36. The molecule has 1 atom stereocenters. The first-order valence-electron chi connectivity index (χ1n) is 8.03. The Morgan fingerprint density at radius 3 is 3.04 bits per heavy atom. The van der Waals surface area contributed by atoms with Crippen LogP contribution in [0.4, 0.5) is 0 Å². The van der Waals surface area contributed by atoms with Crippen molar-refractivity contribution in [2.75, 3.05) is 13.1 Å². The van der Waals surface area contributed by atoms with Crippen LogP contribution < -0.4 is 0 Å². The third kappa shape index (κ3) is 2.76. The van der Waals surface area contributed by atoms with Crippen LogP contribution in [0.25, 0.3) is 10.9 Å². The van der Waals surface area contributed by atoms with Crippen molar-refractivity contribution in [1.82, 2.24) is 19.4 Å². The Balaban J connectivity index is 1.66. The topological polar surface area (TPSA) is 51.0 Å². The molecule has 1 fully saturated rings. The third-order valence-corrected chi connectivity index (χ3v) is 4.75. The number of benzene rings is 1. The molecule has 0 radical (unpaired) electrons. The first kappa shape index (κ1) is 15.1. The van der Waals surface area contributed by atoms with Gasteiger partial charge in [0.2, 0.25) is 0 Å². The normalized spacial score (nSPS) is 18.0. The second kappa shape index (κ2) is 6.24. The van der Waals surface area contributed by atoms with Crippen LogP contribution in [0.2, 0.25) is 5.02 Å². The van der Waals surface area contributed by atoms with E-state index in [0.717, 1.165) is 24.8 Å². The minimum atomic E-state index is -0.00832. The van der Waals surface area contributed by atoms with Crippen molar-refractivity contribution in [3.8, 4) is 0 Å². The van der Waals surface area contributed by atoms with E-state index in [2.05, 4.69) is 14.5 Å². The van der Waals surface area contributed by atoms with Gasteiger partial charge in [0.1, 0.15) is 0 Å². The number of hydrogen-bond acceptors (Lipinski definition) is 3. The van der Waals surface area contributed by atoms with Gasteiger partial charge in [-0.3, -0.25) is 9.78 Å². The van der Waals surface area contributed by atoms with Crippen molar-refractivity contribution in [2.45, 2.75) is 18.9 Å². The molecular formula is C18H17ClN4O. The SMILES string of the molecule is O=C(c1cc(Cl)cc2cccnc12)N1CCCC(n2ccnc2)C1. The highest BCUT2D eigenvalue weighted by Gasteiger charge is 2.26. The Labute approximate surface area is 144 Å². The molecule has 24 heavy (non-hydrogen) atoms. The molecular weight excluding hydrogens is 324 g/mol. The van der Waals surface area contributed by atoms with Crippen molar-refractivity contribution >= 4 is 28.4 Å². The number of imidazole rings is 1. The maximum Gasteiger partial charge on any atom is 0.256 e. The van der Waals surface area contributed by atoms with E-state index in [1.54, 1.807) is 18.5 Å². The van der Waals surface area contributed by atoms with Crippen molar-refractivity contribution in [1.29, 1.82) is 0 Å². The summed E-state index contributed by atoms with van der Waals surface area (Å²) in [4.78, 5) is 23.5. The lowest BCUT2D eigenvalue weighted by Gasteiger charge is -2.33. The van der Waals surface area contributed by atoms with Crippen LogP contribution in [-0.4, -0.2) is 38.4 Å². The minimum Gasteiger partial charge on any atom is -0.337 e. The number of hydrogen-bond donors (Lipinski definition) is 0. The number of amides is 1. The fraction of sp³-hybridized carbons (Fsp3) is 0.278. The average Bonchev–Trinajstić information content (AvgIpc) is 3.15. The molecule has 5 nitrogen and oxygen atoms in total. The highest BCUT2D eigenvalue weighted by molar-refractivity contribution is 6.32. The molecule has 3 heterocycles. The van der Waals surface area contributed by atoms with E-state index in [1.165, 1.54) is 0 Å². The summed E-state index contributed by atoms with van der Waals surface area (Å²) >= 11 is 6.21. The number of fused-ring (bicyclic) bond motifs is 1. The Morgan fingerprint density at radius 2 is 2.21 bits per heavy atom. The quantitative estimate of drug-likeness (QED) is 0.716. The Kier molecular flexibility index (Phi) is 3.94. The minimum absolute atomic E-state index is 0.00832. The van der Waals surface area contributed by atoms with E-state index in [1.807, 2.05) is 35.6 Å². The molecule has 6 heteroatoms. The van der Waals surface area contributed by atoms with Gasteiger partial charge in [-0.25, -0.2) is 4.98 Å². The van der Waals surface area contributed by atoms with Crippen LogP contribution in [0.1, 0.15) is 29.2 Å². The number of carbonyl (C=O) groups excluding carboxylic acids is 1. The molecule has 1 amide bonds. The van der Waals surface area contributed by atoms with E-state index < -0.39 is 0 Å². The third-order valence-electron chi connectivity index (χ3n) is 4.53. The number of nitrogens with zero attached hydrogens (tertiary/aromatic N) is 4. The number of halogens is 1. The number of aromatic nitrogens is 3. The van der Waals surface area contributed by atoms with Crippen LogP contribution in [0.3, 0.4) is 0 Å². The van der Waals surface area contributed by atoms with E-state index in [4.69, 9.17) is 11.6 Å². The van der Waals surface area contributed by atoms with Crippen LogP contribution >= 0.6 is 11.6 Å². The first-order valence-corrected chi connectivity index (χ1v) is 8.41. The molecule has 1 aliphatic heterocycles. The summed E-state index contributed by atoms with van der Waals surface area (Å²) in [6, 6.07) is 7.60. The van der Waals surface area contributed by atoms with Gasteiger partial charge in [0, 0.05) is 42.1 Å². The van der Waals surface area contributed by atoms with Crippen molar-refractivity contribution in [3.63, 3.8) is 0 Å². The van der Waals surface area contributed by atoms with E-state index in [0.29, 0.717) is 22.6 Å². The van der Waals surface area contributed by atoms with Crippen LogP contribution in [-0.2, 0) is 0 Å². The molecule has 122 valence electrons. The number of rotatable bonds is 2. The van der Waals surface area contributed by atoms with Gasteiger partial charge >= 0.3 is 0 Å². The fourth-order valence-corrected chi connectivity index (χ4v) is 3.58. The second-order valence-corrected chi connectivity index (χ2v) is 6.52. The second-order valence-electron chi connectivity index (χ2n) is 6.09. The van der Waals surface area contributed by atoms with Gasteiger partial charge in [-0.15, -0.1) is 0 Å². The Morgan fingerprint density at radius 1 is 1.29 bits per heavy atom. The van der Waals surface area contributed by atoms with Gasteiger partial charge in [0.05, 0.1) is 23.4 Å². The van der Waals surface area contributed by atoms with Gasteiger partial charge in [0.15, 0.2) is 0 Å². The largest absolute Gasteiger partial charge is 0.337 e. The highest BCUT2D eigenvalue weighted by atomic mass is 35.5. The lowest BCUT2D eigenvalue weighted by Crippen LogP contribution is -2.40. The average molecular weight is 341 g/mol. The standard InChI is InChI=1S/C18H17ClN4O/c19-14-9-13-3-1-5-21-17(13)16(10-14)18(24)22-7-2-4-15(11-22)23-8-6-20-12-23/h1,3,5-6,8-10,12,15H,2,4,7,11H2. The molecule has 1 aliphatic rings. The van der Waals surface area contributed by atoms with Crippen LogP contribution in [0, 0.1) is 0 Å². The molecule has 4 rings (SSSR count). The van der Waals surface area contributed by atoms with Gasteiger partial charge in [-0.1, -0.05) is 17.7 Å². The van der Waals surface area contributed by atoms with Crippen molar-refractivity contribution < 1.29 is 4.79 Å². The van der Waals surface area contributed by atoms with E-state index in [-0.39, 0.29) is 11.9 Å². The predicted molar refractivity (Wildman–Crippen MR) is 93.2 cm³/mol. The summed E-state index contributed by atoms with van der Waals surface area (Å²) in [5.74, 6) is -0.00832. The smallest absolute Gasteiger partial charge is 0.256 e. The monoisotopic (exact) mass is 340 g/mol. The number of carbonyl (C=O) groups is 1. The molecule has 1 aromatic carbocycles. The molecule has 1 unspecified atom stereocenters. The summed E-state index contributed by atoms with van der Waals surface area (Å²) < 4.78 is 2.08. The summed E-state index contributed by atoms with van der Waals surface area (Å²) in [6.45, 7) is 1.43. The van der Waals surface area contributed by atoms with E-state index >= 15 is 0 Å². The molecule has 0 bridgehead atoms. The highest BCUT2D eigenvalue weighted by Crippen LogP contribution is 2.27. The predicted octanol–water partition coefficient (Wildman–Crippen LogP) is 3.56. The Hall–Kier alpha value is -2.40. The Bertz CT molecular complexity index is 878. The van der Waals surface area contributed by atoms with Gasteiger partial charge < -0.3 is 9.47 Å². The zero-order valence-electron chi connectivity index (χ0n) is 13.1. The maximum atomic E-state index is 13.1. The molecule has 0 N–H and O–H groups in total. The van der Waals surface area contributed by atoms with Crippen molar-refractivity contribution in [2.24, 2.45) is 0 Å². The summed E-state index contributed by atoms with van der Waals surface area (Å²) in [6.07, 6.45) is 9.27. The molecule has 0 aliphatic carbocycles. The van der Waals surface area contributed by atoms with Gasteiger partial charge in [-0.05, 0) is 31.0 Å². The number of likely N-dealkylation sites (tertiary alicyclic amines) is 1. The maximum absolute atomic E-state index is 13.1. The molecule has 2 aromatic heterocycles. The van der Waals surface area contributed by atoms with E-state index in [9.17, 15) is 4.79 Å². The molecule has 1 saturated heterocycles. The zero-order chi connectivity index (χ0) is 16.5. The zero-order valence-corrected chi connectivity index (χ0v) is 13.9. The number of pyridine rings is 1. The molecule has 0 spiro atoms. The summed E-state index contributed by atoms with van der Waals surface area (Å²) in [5, 5.41) is 1.44. The van der Waals surface area contributed by atoms with Crippen LogP contribution in [0.5, 0.6) is 0 Å².